The summed E-state index contributed by atoms with van der Waals surface area (Å²) in [5, 5.41) is -0.00504. The zero-order chi connectivity index (χ0) is 11.5. The standard InChI is InChI=1S/C11H8BrClN2O/c12-9-4-2-1-3-8(9)7-15-6-5-14-10(13)11(15)16/h1-6H,7H2. The molecule has 0 fully saturated rings. The predicted molar refractivity (Wildman–Crippen MR) is 66.8 cm³/mol. The van der Waals surface area contributed by atoms with E-state index >= 15 is 0 Å². The molecule has 0 saturated heterocycles. The van der Waals surface area contributed by atoms with E-state index in [-0.39, 0.29) is 10.7 Å². The number of benzene rings is 1. The van der Waals surface area contributed by atoms with E-state index in [0.717, 1.165) is 10.0 Å². The minimum absolute atomic E-state index is 0.00504. The van der Waals surface area contributed by atoms with Gasteiger partial charge in [0.1, 0.15) is 0 Å². The van der Waals surface area contributed by atoms with Crippen LogP contribution in [0, 0.1) is 0 Å². The number of halogens is 2. The molecule has 16 heavy (non-hydrogen) atoms. The molecule has 1 aromatic heterocycles. The van der Waals surface area contributed by atoms with Crippen LogP contribution in [0.1, 0.15) is 5.56 Å². The fraction of sp³-hybridized carbons (Fsp3) is 0.0909. The molecule has 0 unspecified atom stereocenters. The lowest BCUT2D eigenvalue weighted by atomic mass is 10.2. The maximum absolute atomic E-state index is 11.6. The van der Waals surface area contributed by atoms with Gasteiger partial charge in [0.15, 0.2) is 5.15 Å². The van der Waals surface area contributed by atoms with Crippen LogP contribution in [0.25, 0.3) is 0 Å². The second-order valence-corrected chi connectivity index (χ2v) is 4.45. The van der Waals surface area contributed by atoms with E-state index in [4.69, 9.17) is 11.6 Å². The van der Waals surface area contributed by atoms with Crippen molar-refractivity contribution in [3.05, 3.63) is 62.2 Å². The molecule has 0 atom stereocenters. The summed E-state index contributed by atoms with van der Waals surface area (Å²) in [5.41, 5.74) is 0.742. The number of nitrogens with zero attached hydrogens (tertiary/aromatic N) is 2. The minimum atomic E-state index is -0.278. The van der Waals surface area contributed by atoms with Crippen LogP contribution < -0.4 is 5.56 Å². The number of hydrogen-bond donors (Lipinski definition) is 0. The molecular weight excluding hydrogens is 291 g/mol. The second-order valence-electron chi connectivity index (χ2n) is 3.24. The molecule has 3 nitrogen and oxygen atoms in total. The van der Waals surface area contributed by atoms with Crippen molar-refractivity contribution in [2.45, 2.75) is 6.54 Å². The van der Waals surface area contributed by atoms with Crippen LogP contribution in [0.5, 0.6) is 0 Å². The van der Waals surface area contributed by atoms with Crippen LogP contribution in [-0.2, 0) is 6.54 Å². The summed E-state index contributed by atoms with van der Waals surface area (Å²) in [4.78, 5) is 15.4. The van der Waals surface area contributed by atoms with Crippen molar-refractivity contribution in [3.63, 3.8) is 0 Å². The number of aromatic nitrogens is 2. The summed E-state index contributed by atoms with van der Waals surface area (Å²) in [6.07, 6.45) is 3.13. The summed E-state index contributed by atoms with van der Waals surface area (Å²) in [5.74, 6) is 0. The van der Waals surface area contributed by atoms with Crippen LogP contribution in [-0.4, -0.2) is 9.55 Å². The summed E-state index contributed by atoms with van der Waals surface area (Å²) in [6.45, 7) is 0.475. The van der Waals surface area contributed by atoms with Gasteiger partial charge in [0, 0.05) is 16.9 Å². The van der Waals surface area contributed by atoms with E-state index in [1.54, 1.807) is 6.20 Å². The Morgan fingerprint density at radius 1 is 1.38 bits per heavy atom. The van der Waals surface area contributed by atoms with Gasteiger partial charge in [-0.3, -0.25) is 4.79 Å². The Bertz CT molecular complexity index is 568. The van der Waals surface area contributed by atoms with Gasteiger partial charge in [-0.15, -0.1) is 0 Å². The van der Waals surface area contributed by atoms with E-state index in [0.29, 0.717) is 6.54 Å². The molecular formula is C11H8BrClN2O. The third-order valence-electron chi connectivity index (χ3n) is 2.17. The Morgan fingerprint density at radius 3 is 2.88 bits per heavy atom. The van der Waals surface area contributed by atoms with Crippen molar-refractivity contribution < 1.29 is 0 Å². The molecule has 0 aliphatic carbocycles. The maximum Gasteiger partial charge on any atom is 0.288 e. The highest BCUT2D eigenvalue weighted by Crippen LogP contribution is 2.16. The summed E-state index contributed by atoms with van der Waals surface area (Å²) < 4.78 is 2.49. The average Bonchev–Trinajstić information content (AvgIpc) is 2.28. The van der Waals surface area contributed by atoms with E-state index in [9.17, 15) is 4.79 Å². The Kier molecular flexibility index (Phi) is 3.41. The lowest BCUT2D eigenvalue weighted by Crippen LogP contribution is -2.21. The van der Waals surface area contributed by atoms with Crippen molar-refractivity contribution in [2.75, 3.05) is 0 Å². The normalized spacial score (nSPS) is 10.4. The van der Waals surface area contributed by atoms with Crippen molar-refractivity contribution in [1.29, 1.82) is 0 Å². The molecule has 1 heterocycles. The van der Waals surface area contributed by atoms with Gasteiger partial charge in [-0.25, -0.2) is 4.98 Å². The van der Waals surface area contributed by atoms with Crippen molar-refractivity contribution in [2.24, 2.45) is 0 Å². The van der Waals surface area contributed by atoms with E-state index < -0.39 is 0 Å². The first kappa shape index (κ1) is 11.4. The predicted octanol–water partition coefficient (Wildman–Crippen LogP) is 2.71. The Labute approximate surface area is 106 Å². The monoisotopic (exact) mass is 298 g/mol. The van der Waals surface area contributed by atoms with Crippen LogP contribution >= 0.6 is 27.5 Å². The smallest absolute Gasteiger partial charge is 0.288 e. The van der Waals surface area contributed by atoms with Crippen molar-refractivity contribution >= 4 is 27.5 Å². The van der Waals surface area contributed by atoms with E-state index in [1.807, 2.05) is 24.3 Å². The quantitative estimate of drug-likeness (QED) is 0.854. The Balaban J connectivity index is 2.39. The van der Waals surface area contributed by atoms with Crippen molar-refractivity contribution in [1.82, 2.24) is 9.55 Å². The van der Waals surface area contributed by atoms with Gasteiger partial charge >= 0.3 is 0 Å². The van der Waals surface area contributed by atoms with Gasteiger partial charge in [0.25, 0.3) is 5.56 Å². The van der Waals surface area contributed by atoms with Crippen LogP contribution in [0.4, 0.5) is 0 Å². The molecule has 0 aliphatic heterocycles. The largest absolute Gasteiger partial charge is 0.307 e. The first-order valence-corrected chi connectivity index (χ1v) is 5.80. The molecule has 5 heteroatoms. The molecule has 0 aliphatic rings. The highest BCUT2D eigenvalue weighted by Gasteiger charge is 2.04. The molecule has 0 amide bonds. The first-order chi connectivity index (χ1) is 7.68. The molecule has 0 N–H and O–H groups in total. The van der Waals surface area contributed by atoms with Gasteiger partial charge in [0.05, 0.1) is 6.54 Å². The van der Waals surface area contributed by atoms with Gasteiger partial charge < -0.3 is 4.57 Å². The first-order valence-electron chi connectivity index (χ1n) is 4.63. The van der Waals surface area contributed by atoms with Gasteiger partial charge in [-0.05, 0) is 11.6 Å². The average molecular weight is 300 g/mol. The second kappa shape index (κ2) is 4.80. The Hall–Kier alpha value is -1.13. The van der Waals surface area contributed by atoms with Crippen molar-refractivity contribution in [3.8, 4) is 0 Å². The zero-order valence-electron chi connectivity index (χ0n) is 8.23. The van der Waals surface area contributed by atoms with E-state index in [1.165, 1.54) is 10.8 Å². The highest BCUT2D eigenvalue weighted by molar-refractivity contribution is 9.10. The molecule has 2 aromatic rings. The lowest BCUT2D eigenvalue weighted by molar-refractivity contribution is 0.746. The molecule has 1 aromatic carbocycles. The lowest BCUT2D eigenvalue weighted by Gasteiger charge is -2.07. The SMILES string of the molecule is O=c1c(Cl)nccn1Cc1ccccc1Br. The molecule has 2 rings (SSSR count). The van der Waals surface area contributed by atoms with E-state index in [2.05, 4.69) is 20.9 Å². The third-order valence-corrected chi connectivity index (χ3v) is 3.20. The minimum Gasteiger partial charge on any atom is -0.307 e. The summed E-state index contributed by atoms with van der Waals surface area (Å²) >= 11 is 9.10. The zero-order valence-corrected chi connectivity index (χ0v) is 10.6. The molecule has 0 bridgehead atoms. The number of hydrogen-bond acceptors (Lipinski definition) is 2. The fourth-order valence-corrected chi connectivity index (χ4v) is 1.93. The van der Waals surface area contributed by atoms with Crippen LogP contribution in [0.2, 0.25) is 5.15 Å². The van der Waals surface area contributed by atoms with Gasteiger partial charge in [-0.2, -0.15) is 0 Å². The van der Waals surface area contributed by atoms with Gasteiger partial charge in [0.2, 0.25) is 0 Å². The fourth-order valence-electron chi connectivity index (χ4n) is 1.36. The third kappa shape index (κ3) is 2.33. The van der Waals surface area contributed by atoms with Crippen LogP contribution in [0.3, 0.4) is 0 Å². The summed E-state index contributed by atoms with van der Waals surface area (Å²) in [7, 11) is 0. The maximum atomic E-state index is 11.6. The highest BCUT2D eigenvalue weighted by atomic mass is 79.9. The molecule has 0 spiro atoms. The Morgan fingerprint density at radius 2 is 2.12 bits per heavy atom. The summed E-state index contributed by atoms with van der Waals surface area (Å²) in [6, 6.07) is 7.73. The molecule has 0 saturated carbocycles. The topological polar surface area (TPSA) is 34.9 Å². The number of rotatable bonds is 2. The molecule has 82 valence electrons. The molecule has 0 radical (unpaired) electrons. The van der Waals surface area contributed by atoms with Crippen LogP contribution in [0.15, 0.2) is 45.9 Å². The van der Waals surface area contributed by atoms with Gasteiger partial charge in [-0.1, -0.05) is 45.7 Å².